The molecule has 2 heterocycles. The summed E-state index contributed by atoms with van der Waals surface area (Å²) in [6, 6.07) is 2.93. The van der Waals surface area contributed by atoms with Gasteiger partial charge in [-0.1, -0.05) is 19.3 Å². The number of benzene rings is 1. The third kappa shape index (κ3) is 4.63. The predicted octanol–water partition coefficient (Wildman–Crippen LogP) is 4.04. The number of nitrogens with zero attached hydrogens (tertiary/aromatic N) is 1. The fourth-order valence-corrected chi connectivity index (χ4v) is 4.95. The Bertz CT molecular complexity index is 845. The van der Waals surface area contributed by atoms with Crippen molar-refractivity contribution >= 4 is 22.7 Å². The zero-order valence-corrected chi connectivity index (χ0v) is 16.2. The van der Waals surface area contributed by atoms with Gasteiger partial charge in [0.1, 0.15) is 22.8 Å². The van der Waals surface area contributed by atoms with Crippen molar-refractivity contribution in [2.24, 2.45) is 5.92 Å². The fraction of sp³-hybridized carbons (Fsp3) is 0.600. The molecular formula is C20H25FN2O3S. The van der Waals surface area contributed by atoms with Crippen LogP contribution in [0.2, 0.25) is 0 Å². The molecule has 1 aliphatic carbocycles. The maximum atomic E-state index is 14.4. The van der Waals surface area contributed by atoms with E-state index in [1.807, 2.05) is 11.8 Å². The van der Waals surface area contributed by atoms with E-state index in [2.05, 4.69) is 9.97 Å². The molecule has 1 unspecified atom stereocenters. The number of H-pyrrole nitrogens is 1. The molecule has 1 saturated carbocycles. The first-order valence-electron chi connectivity index (χ1n) is 9.73. The maximum absolute atomic E-state index is 14.4. The molecule has 1 N–H and O–H groups in total. The van der Waals surface area contributed by atoms with Crippen molar-refractivity contribution in [3.8, 4) is 5.75 Å². The van der Waals surface area contributed by atoms with E-state index in [0.29, 0.717) is 47.2 Å². The summed E-state index contributed by atoms with van der Waals surface area (Å²) in [5.74, 6) is 1.39. The molecule has 0 amide bonds. The zero-order chi connectivity index (χ0) is 18.6. The number of fused-ring (bicyclic) bond motifs is 1. The average Bonchev–Trinajstić information content (AvgIpc) is 3.19. The van der Waals surface area contributed by atoms with Crippen LogP contribution in [-0.2, 0) is 10.5 Å². The monoisotopic (exact) mass is 392 g/mol. The van der Waals surface area contributed by atoms with Crippen LogP contribution in [0.25, 0.3) is 10.9 Å². The van der Waals surface area contributed by atoms with E-state index in [1.165, 1.54) is 38.2 Å². The number of hydrogen-bond donors (Lipinski definition) is 1. The van der Waals surface area contributed by atoms with Gasteiger partial charge in [-0.05, 0) is 19.3 Å². The molecule has 2 aromatic rings. The van der Waals surface area contributed by atoms with Crippen molar-refractivity contribution in [1.29, 1.82) is 0 Å². The van der Waals surface area contributed by atoms with Gasteiger partial charge >= 0.3 is 0 Å². The first-order valence-corrected chi connectivity index (χ1v) is 10.8. The minimum absolute atomic E-state index is 0.00188. The quantitative estimate of drug-likeness (QED) is 0.804. The molecule has 1 aromatic heterocycles. The zero-order valence-electron chi connectivity index (χ0n) is 15.3. The summed E-state index contributed by atoms with van der Waals surface area (Å²) in [6.45, 7) is 1.91. The Balaban J connectivity index is 1.50. The van der Waals surface area contributed by atoms with E-state index >= 15 is 0 Å². The third-order valence-electron chi connectivity index (χ3n) is 5.30. The highest BCUT2D eigenvalue weighted by Gasteiger charge is 2.18. The minimum atomic E-state index is -0.592. The first kappa shape index (κ1) is 18.7. The lowest BCUT2D eigenvalue weighted by molar-refractivity contribution is 0.167. The van der Waals surface area contributed by atoms with E-state index < -0.39 is 11.4 Å². The molecule has 7 heteroatoms. The summed E-state index contributed by atoms with van der Waals surface area (Å²) >= 11 is 1.83. The molecule has 146 valence electrons. The van der Waals surface area contributed by atoms with Crippen LogP contribution in [0.1, 0.15) is 44.3 Å². The topological polar surface area (TPSA) is 64.2 Å². The van der Waals surface area contributed by atoms with E-state index in [0.717, 1.165) is 13.0 Å². The number of aromatic amines is 1. The number of nitrogens with one attached hydrogen (secondary N) is 1. The predicted molar refractivity (Wildman–Crippen MR) is 105 cm³/mol. The number of halogens is 1. The van der Waals surface area contributed by atoms with Gasteiger partial charge in [0.2, 0.25) is 0 Å². The summed E-state index contributed by atoms with van der Waals surface area (Å²) in [5, 5.41) is 0.623. The van der Waals surface area contributed by atoms with Gasteiger partial charge in [-0.15, -0.1) is 0 Å². The molecule has 0 radical (unpaired) electrons. The van der Waals surface area contributed by atoms with Crippen LogP contribution in [0.5, 0.6) is 5.75 Å². The Kier molecular flexibility index (Phi) is 5.98. The highest BCUT2D eigenvalue weighted by molar-refractivity contribution is 7.99. The summed E-state index contributed by atoms with van der Waals surface area (Å²) in [5.41, 5.74) is -0.0665. The standard InChI is InChI=1S/C20H25FN2O3S/c21-16-8-14(26-11-13-6-7-25-10-13)9-17-19(16)20(24)23-18(22-17)12-27-15-4-2-1-3-5-15/h8-9,13,15H,1-7,10-12H2,(H,22,23,24). The Hall–Kier alpha value is -1.60. The lowest BCUT2D eigenvalue weighted by Gasteiger charge is -2.20. The highest BCUT2D eigenvalue weighted by Crippen LogP contribution is 2.30. The smallest absolute Gasteiger partial charge is 0.261 e. The summed E-state index contributed by atoms with van der Waals surface area (Å²) in [7, 11) is 0. The molecule has 4 rings (SSSR count). The third-order valence-corrected chi connectivity index (χ3v) is 6.68. The lowest BCUT2D eigenvalue weighted by atomic mass is 10.0. The molecule has 0 spiro atoms. The van der Waals surface area contributed by atoms with E-state index in [9.17, 15) is 9.18 Å². The average molecular weight is 392 g/mol. The van der Waals surface area contributed by atoms with Gasteiger partial charge in [0.25, 0.3) is 5.56 Å². The number of aromatic nitrogens is 2. The Labute approximate surface area is 162 Å². The molecule has 1 aliphatic heterocycles. The van der Waals surface area contributed by atoms with Crippen LogP contribution in [-0.4, -0.2) is 35.0 Å². The van der Waals surface area contributed by atoms with Crippen molar-refractivity contribution in [1.82, 2.24) is 9.97 Å². The van der Waals surface area contributed by atoms with Crippen molar-refractivity contribution in [2.45, 2.75) is 49.5 Å². The Morgan fingerprint density at radius 2 is 2.11 bits per heavy atom. The summed E-state index contributed by atoms with van der Waals surface area (Å²) < 4.78 is 25.5. The Morgan fingerprint density at radius 1 is 1.26 bits per heavy atom. The molecule has 27 heavy (non-hydrogen) atoms. The molecule has 5 nitrogen and oxygen atoms in total. The molecule has 1 atom stereocenters. The fourth-order valence-electron chi connectivity index (χ4n) is 3.76. The van der Waals surface area contributed by atoms with Gasteiger partial charge in [0.05, 0.1) is 24.5 Å². The second-order valence-corrected chi connectivity index (χ2v) is 8.71. The number of thioether (sulfide) groups is 1. The molecule has 1 saturated heterocycles. The second-order valence-electron chi connectivity index (χ2n) is 7.42. The van der Waals surface area contributed by atoms with Crippen LogP contribution in [0.15, 0.2) is 16.9 Å². The number of rotatable bonds is 6. The normalized spacial score (nSPS) is 21.0. The van der Waals surface area contributed by atoms with Gasteiger partial charge in [-0.25, -0.2) is 9.37 Å². The molecular weight excluding hydrogens is 367 g/mol. The maximum Gasteiger partial charge on any atom is 0.261 e. The van der Waals surface area contributed by atoms with Crippen LogP contribution in [0.3, 0.4) is 0 Å². The molecule has 2 aliphatic rings. The van der Waals surface area contributed by atoms with Gasteiger partial charge in [0.15, 0.2) is 0 Å². The molecule has 2 fully saturated rings. The van der Waals surface area contributed by atoms with Gasteiger partial charge in [-0.3, -0.25) is 4.79 Å². The van der Waals surface area contributed by atoms with Crippen molar-refractivity contribution in [3.05, 3.63) is 34.1 Å². The second kappa shape index (κ2) is 8.61. The van der Waals surface area contributed by atoms with E-state index in [-0.39, 0.29) is 5.39 Å². The minimum Gasteiger partial charge on any atom is -0.493 e. The number of hydrogen-bond acceptors (Lipinski definition) is 5. The molecule has 0 bridgehead atoms. The first-order chi connectivity index (χ1) is 13.2. The van der Waals surface area contributed by atoms with Crippen molar-refractivity contribution in [2.75, 3.05) is 19.8 Å². The van der Waals surface area contributed by atoms with Gasteiger partial charge in [0, 0.05) is 29.9 Å². The summed E-state index contributed by atoms with van der Waals surface area (Å²) in [4.78, 5) is 19.6. The van der Waals surface area contributed by atoms with Crippen molar-refractivity contribution in [3.63, 3.8) is 0 Å². The SMILES string of the molecule is O=c1[nH]c(CSC2CCCCC2)nc2cc(OCC3CCOC3)cc(F)c12. The van der Waals surface area contributed by atoms with Crippen LogP contribution in [0.4, 0.5) is 4.39 Å². The van der Waals surface area contributed by atoms with Crippen LogP contribution >= 0.6 is 11.8 Å². The van der Waals surface area contributed by atoms with Crippen LogP contribution < -0.4 is 10.3 Å². The van der Waals surface area contributed by atoms with Crippen molar-refractivity contribution < 1.29 is 13.9 Å². The highest BCUT2D eigenvalue weighted by atomic mass is 32.2. The van der Waals surface area contributed by atoms with Gasteiger partial charge < -0.3 is 14.5 Å². The Morgan fingerprint density at radius 3 is 2.89 bits per heavy atom. The lowest BCUT2D eigenvalue weighted by Crippen LogP contribution is -2.15. The van der Waals surface area contributed by atoms with Gasteiger partial charge in [-0.2, -0.15) is 11.8 Å². The summed E-state index contributed by atoms with van der Waals surface area (Å²) in [6.07, 6.45) is 7.27. The largest absolute Gasteiger partial charge is 0.493 e. The van der Waals surface area contributed by atoms with E-state index in [4.69, 9.17) is 9.47 Å². The number of ether oxygens (including phenoxy) is 2. The van der Waals surface area contributed by atoms with E-state index in [1.54, 1.807) is 6.07 Å². The van der Waals surface area contributed by atoms with Crippen LogP contribution in [0, 0.1) is 11.7 Å². The molecule has 1 aromatic carbocycles.